The summed E-state index contributed by atoms with van der Waals surface area (Å²) in [6, 6.07) is 10.6. The summed E-state index contributed by atoms with van der Waals surface area (Å²) in [6.07, 6.45) is 0.816. The third-order valence-electron chi connectivity index (χ3n) is 3.72. The first-order valence-corrected chi connectivity index (χ1v) is 7.99. The van der Waals surface area contributed by atoms with Crippen molar-refractivity contribution in [3.63, 3.8) is 0 Å². The van der Waals surface area contributed by atoms with Gasteiger partial charge >= 0.3 is 11.8 Å². The fourth-order valence-corrected chi connectivity index (χ4v) is 2.58. The van der Waals surface area contributed by atoms with Gasteiger partial charge in [-0.3, -0.25) is 4.57 Å². The number of urea groups is 1. The van der Waals surface area contributed by atoms with Crippen molar-refractivity contribution in [2.45, 2.75) is 26.4 Å². The maximum Gasteiger partial charge on any atom is 0.419 e. The van der Waals surface area contributed by atoms with Gasteiger partial charge in [0.1, 0.15) is 5.82 Å². The monoisotopic (exact) mass is 343 g/mol. The highest BCUT2D eigenvalue weighted by molar-refractivity contribution is 5.91. The van der Waals surface area contributed by atoms with Crippen molar-refractivity contribution in [2.75, 3.05) is 5.32 Å². The Labute approximate surface area is 143 Å². The normalized spacial score (nSPS) is 10.8. The molecule has 2 amide bonds. The second kappa shape index (κ2) is 7.21. The molecule has 25 heavy (non-hydrogen) atoms. The highest BCUT2D eigenvalue weighted by atomic mass is 19.1. The number of aromatic nitrogens is 1. The first-order chi connectivity index (χ1) is 12.1. The van der Waals surface area contributed by atoms with Gasteiger partial charge in [0.15, 0.2) is 5.58 Å². The molecule has 3 rings (SSSR count). The number of carbonyl (C=O) groups is 1. The summed E-state index contributed by atoms with van der Waals surface area (Å²) >= 11 is 0. The molecule has 1 heterocycles. The van der Waals surface area contributed by atoms with Crippen molar-refractivity contribution < 1.29 is 13.6 Å². The summed E-state index contributed by atoms with van der Waals surface area (Å²) in [6.45, 7) is 2.75. The van der Waals surface area contributed by atoms with Gasteiger partial charge in [0.2, 0.25) is 0 Å². The fraction of sp³-hybridized carbons (Fsp3) is 0.222. The van der Waals surface area contributed by atoms with E-state index in [0.717, 1.165) is 6.42 Å². The van der Waals surface area contributed by atoms with E-state index in [2.05, 4.69) is 10.6 Å². The lowest BCUT2D eigenvalue weighted by Crippen LogP contribution is -2.28. The molecule has 0 atom stereocenters. The average Bonchev–Trinajstić information content (AvgIpc) is 2.88. The molecule has 130 valence electrons. The highest BCUT2D eigenvalue weighted by Crippen LogP contribution is 2.18. The third-order valence-corrected chi connectivity index (χ3v) is 3.72. The summed E-state index contributed by atoms with van der Waals surface area (Å²) in [7, 11) is 0. The number of nitrogens with zero attached hydrogens (tertiary/aromatic N) is 1. The molecule has 2 aromatic carbocycles. The van der Waals surface area contributed by atoms with E-state index in [9.17, 15) is 14.0 Å². The number of aryl methyl sites for hydroxylation is 1. The molecule has 1 aromatic heterocycles. The molecule has 0 fully saturated rings. The lowest BCUT2D eigenvalue weighted by Gasteiger charge is -2.08. The van der Waals surface area contributed by atoms with Crippen LogP contribution in [0.3, 0.4) is 0 Å². The molecule has 0 spiro atoms. The van der Waals surface area contributed by atoms with E-state index < -0.39 is 11.8 Å². The van der Waals surface area contributed by atoms with Crippen molar-refractivity contribution in [3.05, 3.63) is 64.4 Å². The molecule has 0 saturated carbocycles. The smallest absolute Gasteiger partial charge is 0.408 e. The molecule has 0 radical (unpaired) electrons. The number of benzene rings is 2. The second-order valence-corrected chi connectivity index (χ2v) is 5.64. The number of carbonyl (C=O) groups excluding carboxylic acids is 1. The second-order valence-electron chi connectivity index (χ2n) is 5.64. The summed E-state index contributed by atoms with van der Waals surface area (Å²) in [5.41, 5.74) is 2.27. The van der Waals surface area contributed by atoms with Crippen molar-refractivity contribution in [1.82, 2.24) is 9.88 Å². The van der Waals surface area contributed by atoms with Gasteiger partial charge in [-0.15, -0.1) is 0 Å². The summed E-state index contributed by atoms with van der Waals surface area (Å²) in [4.78, 5) is 23.8. The number of nitrogens with one attached hydrogen (secondary N) is 2. The van der Waals surface area contributed by atoms with Gasteiger partial charge in [-0.25, -0.2) is 14.0 Å². The highest BCUT2D eigenvalue weighted by Gasteiger charge is 2.10. The Morgan fingerprint density at radius 1 is 1.24 bits per heavy atom. The zero-order valence-corrected chi connectivity index (χ0v) is 13.7. The SMILES string of the molecule is CCCn1c(=O)oc2cc(NC(=O)NCc3cccc(F)c3)ccc21. The van der Waals surface area contributed by atoms with Crippen LogP contribution in [0.2, 0.25) is 0 Å². The van der Waals surface area contributed by atoms with E-state index in [4.69, 9.17) is 4.42 Å². The van der Waals surface area contributed by atoms with Crippen LogP contribution >= 0.6 is 0 Å². The van der Waals surface area contributed by atoms with Gasteiger partial charge in [0.05, 0.1) is 5.52 Å². The van der Waals surface area contributed by atoms with Crippen LogP contribution in [0.4, 0.5) is 14.9 Å². The largest absolute Gasteiger partial charge is 0.419 e. The average molecular weight is 343 g/mol. The molecule has 0 bridgehead atoms. The molecular weight excluding hydrogens is 325 g/mol. The molecule has 0 aliphatic rings. The van der Waals surface area contributed by atoms with Crippen LogP contribution in [-0.2, 0) is 13.1 Å². The summed E-state index contributed by atoms with van der Waals surface area (Å²) in [5.74, 6) is -0.763. The molecule has 0 saturated heterocycles. The van der Waals surface area contributed by atoms with Crippen LogP contribution in [0.25, 0.3) is 11.1 Å². The zero-order valence-electron chi connectivity index (χ0n) is 13.7. The lowest BCUT2D eigenvalue weighted by atomic mass is 10.2. The standard InChI is InChI=1S/C18H18FN3O3/c1-2-8-22-15-7-6-14(10-16(15)25-18(22)24)21-17(23)20-11-12-4-3-5-13(19)9-12/h3-7,9-10H,2,8,11H2,1H3,(H2,20,21,23). The Morgan fingerprint density at radius 3 is 2.84 bits per heavy atom. The van der Waals surface area contributed by atoms with E-state index in [1.165, 1.54) is 12.1 Å². The number of anilines is 1. The number of halogens is 1. The van der Waals surface area contributed by atoms with E-state index >= 15 is 0 Å². The quantitative estimate of drug-likeness (QED) is 0.745. The fourth-order valence-electron chi connectivity index (χ4n) is 2.58. The van der Waals surface area contributed by atoms with Crippen LogP contribution in [0, 0.1) is 5.82 Å². The Bertz CT molecular complexity index is 962. The van der Waals surface area contributed by atoms with Crippen LogP contribution in [-0.4, -0.2) is 10.6 Å². The number of amides is 2. The topological polar surface area (TPSA) is 76.3 Å². The van der Waals surface area contributed by atoms with Gasteiger partial charge in [0.25, 0.3) is 0 Å². The summed E-state index contributed by atoms with van der Waals surface area (Å²) in [5, 5.41) is 5.31. The number of oxazole rings is 1. The number of hydrogen-bond donors (Lipinski definition) is 2. The number of rotatable bonds is 5. The van der Waals surface area contributed by atoms with Crippen LogP contribution < -0.4 is 16.4 Å². The summed E-state index contributed by atoms with van der Waals surface area (Å²) < 4.78 is 19.9. The molecule has 0 aliphatic carbocycles. The van der Waals surface area contributed by atoms with Gasteiger partial charge in [-0.1, -0.05) is 19.1 Å². The van der Waals surface area contributed by atoms with Crippen molar-refractivity contribution >= 4 is 22.8 Å². The predicted octanol–water partition coefficient (Wildman–Crippen LogP) is 3.47. The molecule has 2 N–H and O–H groups in total. The van der Waals surface area contributed by atoms with Gasteiger partial charge in [0, 0.05) is 24.8 Å². The van der Waals surface area contributed by atoms with Crippen LogP contribution in [0.5, 0.6) is 0 Å². The van der Waals surface area contributed by atoms with Crippen LogP contribution in [0.15, 0.2) is 51.7 Å². The third kappa shape index (κ3) is 3.88. The predicted molar refractivity (Wildman–Crippen MR) is 93.0 cm³/mol. The van der Waals surface area contributed by atoms with E-state index in [0.29, 0.717) is 28.9 Å². The molecule has 7 heteroatoms. The van der Waals surface area contributed by atoms with Crippen LogP contribution in [0.1, 0.15) is 18.9 Å². The van der Waals surface area contributed by atoms with E-state index in [-0.39, 0.29) is 12.4 Å². The molecule has 3 aromatic rings. The van der Waals surface area contributed by atoms with Crippen molar-refractivity contribution in [1.29, 1.82) is 0 Å². The minimum absolute atomic E-state index is 0.202. The lowest BCUT2D eigenvalue weighted by molar-refractivity contribution is 0.251. The Kier molecular flexibility index (Phi) is 4.83. The minimum Gasteiger partial charge on any atom is -0.408 e. The van der Waals surface area contributed by atoms with Crippen molar-refractivity contribution in [3.8, 4) is 0 Å². The van der Waals surface area contributed by atoms with Gasteiger partial charge in [-0.05, 0) is 36.2 Å². The number of hydrogen-bond acceptors (Lipinski definition) is 3. The zero-order chi connectivity index (χ0) is 17.8. The Hall–Kier alpha value is -3.09. The molecular formula is C18H18FN3O3. The maximum atomic E-state index is 13.1. The number of fused-ring (bicyclic) bond motifs is 1. The molecule has 0 aliphatic heterocycles. The molecule has 0 unspecified atom stereocenters. The van der Waals surface area contributed by atoms with Gasteiger partial charge in [-0.2, -0.15) is 0 Å². The molecule has 6 nitrogen and oxygen atoms in total. The van der Waals surface area contributed by atoms with E-state index in [1.54, 1.807) is 34.9 Å². The van der Waals surface area contributed by atoms with E-state index in [1.807, 2.05) is 6.92 Å². The Balaban J connectivity index is 1.68. The first-order valence-electron chi connectivity index (χ1n) is 7.99. The minimum atomic E-state index is -0.432. The first kappa shape index (κ1) is 16.8. The maximum absolute atomic E-state index is 13.1. The van der Waals surface area contributed by atoms with Crippen molar-refractivity contribution in [2.24, 2.45) is 0 Å². The Morgan fingerprint density at radius 2 is 2.08 bits per heavy atom. The van der Waals surface area contributed by atoms with Gasteiger partial charge < -0.3 is 15.1 Å².